The van der Waals surface area contributed by atoms with Crippen molar-refractivity contribution >= 4 is 43.9 Å². The van der Waals surface area contributed by atoms with Gasteiger partial charge in [-0.3, -0.25) is 0 Å². The summed E-state index contributed by atoms with van der Waals surface area (Å²) in [6.07, 6.45) is 1.78. The van der Waals surface area contributed by atoms with Gasteiger partial charge in [-0.15, -0.1) is 0 Å². The number of nitrogens with zero attached hydrogens (tertiary/aromatic N) is 3. The summed E-state index contributed by atoms with van der Waals surface area (Å²) in [6.45, 7) is 4.47. The Morgan fingerprint density at radius 2 is 1.09 bits per heavy atom. The molecule has 10 aromatic rings. The molecule has 0 aliphatic rings. The Labute approximate surface area is 314 Å². The van der Waals surface area contributed by atoms with Crippen LogP contribution in [0.2, 0.25) is 0 Å². The molecule has 3 heterocycles. The Morgan fingerprint density at radius 3 is 1.81 bits per heavy atom. The van der Waals surface area contributed by atoms with Gasteiger partial charge >= 0.3 is 0 Å². The fourth-order valence-corrected chi connectivity index (χ4v) is 8.12. The zero-order valence-corrected chi connectivity index (χ0v) is 30.3. The Kier molecular flexibility index (Phi) is 7.69. The van der Waals surface area contributed by atoms with Crippen LogP contribution >= 0.6 is 0 Å². The molecule has 3 aromatic heterocycles. The van der Waals surface area contributed by atoms with Crippen LogP contribution in [0.4, 0.5) is 0 Å². The number of fused-ring (bicyclic) bond motifs is 6. The van der Waals surface area contributed by atoms with Gasteiger partial charge in [0, 0.05) is 33.0 Å². The number of para-hydroxylation sites is 3. The molecule has 4 nitrogen and oxygen atoms in total. The summed E-state index contributed by atoms with van der Waals surface area (Å²) in [6, 6.07) is 58.0. The molecule has 0 unspecified atom stereocenters. The highest BCUT2D eigenvalue weighted by molar-refractivity contribution is 6.17. The molecule has 0 spiro atoms. The normalized spacial score (nSPS) is 11.7. The topological polar surface area (TPSA) is 43.9 Å². The molecule has 0 atom stereocenters. The van der Waals surface area contributed by atoms with Crippen LogP contribution in [-0.4, -0.2) is 14.5 Å². The highest BCUT2D eigenvalue weighted by Crippen LogP contribution is 2.42. The molecular weight excluding hydrogens is 659 g/mol. The van der Waals surface area contributed by atoms with Gasteiger partial charge in [0.25, 0.3) is 0 Å². The van der Waals surface area contributed by atoms with Crippen LogP contribution in [0.15, 0.2) is 168 Å². The van der Waals surface area contributed by atoms with E-state index in [9.17, 15) is 0 Å². The molecule has 0 saturated heterocycles. The van der Waals surface area contributed by atoms with E-state index in [1.54, 1.807) is 0 Å². The van der Waals surface area contributed by atoms with Crippen molar-refractivity contribution in [3.05, 3.63) is 175 Å². The van der Waals surface area contributed by atoms with Gasteiger partial charge in [-0.2, -0.15) is 0 Å². The third-order valence-corrected chi connectivity index (χ3v) is 10.7. The van der Waals surface area contributed by atoms with E-state index in [1.807, 2.05) is 6.07 Å². The lowest BCUT2D eigenvalue weighted by Gasteiger charge is -2.17. The fourth-order valence-electron chi connectivity index (χ4n) is 8.12. The largest absolute Gasteiger partial charge is 0.454 e. The van der Waals surface area contributed by atoms with E-state index < -0.39 is 0 Å². The second-order valence-electron chi connectivity index (χ2n) is 13.9. The summed E-state index contributed by atoms with van der Waals surface area (Å²) >= 11 is 0. The Hall–Kier alpha value is -6.78. The summed E-state index contributed by atoms with van der Waals surface area (Å²) < 4.78 is 9.02. The third kappa shape index (κ3) is 5.21. The van der Waals surface area contributed by atoms with Crippen molar-refractivity contribution in [1.29, 1.82) is 0 Å². The monoisotopic (exact) mass is 695 g/mol. The predicted octanol–water partition coefficient (Wildman–Crippen LogP) is 13.3. The first-order valence-corrected chi connectivity index (χ1v) is 18.8. The van der Waals surface area contributed by atoms with Crippen LogP contribution in [0.5, 0.6) is 0 Å². The Morgan fingerprint density at radius 1 is 0.463 bits per heavy atom. The Bertz CT molecular complexity index is 2950. The maximum atomic E-state index is 6.57. The van der Waals surface area contributed by atoms with Crippen LogP contribution in [0.3, 0.4) is 0 Å². The number of benzene rings is 7. The SMILES string of the molecule is CCc1cc(-c2nc(-c3cc(-c4ccccc4)cc(-c4ccccc4)c3)nc3ccccc23)ccc1-n1c2c(CC)cccc2c2oc3ccccc3c21. The quantitative estimate of drug-likeness (QED) is 0.167. The van der Waals surface area contributed by atoms with E-state index in [2.05, 4.69) is 176 Å². The predicted molar refractivity (Wildman–Crippen MR) is 224 cm³/mol. The van der Waals surface area contributed by atoms with Crippen LogP contribution in [-0.2, 0) is 12.8 Å². The molecule has 0 fully saturated rings. The number of aromatic nitrogens is 3. The number of rotatable bonds is 7. The molecule has 10 rings (SSSR count). The molecule has 7 aromatic carbocycles. The summed E-state index contributed by atoms with van der Waals surface area (Å²) in [5.74, 6) is 0.705. The smallest absolute Gasteiger partial charge is 0.161 e. The first kappa shape index (κ1) is 31.9. The van der Waals surface area contributed by atoms with E-state index in [0.717, 1.165) is 96.0 Å². The molecule has 0 N–H and O–H groups in total. The van der Waals surface area contributed by atoms with Crippen molar-refractivity contribution in [2.75, 3.05) is 0 Å². The minimum atomic E-state index is 0.705. The van der Waals surface area contributed by atoms with E-state index >= 15 is 0 Å². The lowest BCUT2D eigenvalue weighted by molar-refractivity contribution is 0.672. The standard InChI is InChI=1S/C50H37N3O/c1-3-32-20-15-23-42-47(32)53(48-41-22-12-14-25-45(41)54-49(42)48)44-27-26-36(28-33(44)4-2)46-40-21-11-13-24-43(40)51-50(52-46)39-30-37(34-16-7-5-8-17-34)29-38(31-39)35-18-9-6-10-19-35/h5-31H,3-4H2,1-2H3. The maximum Gasteiger partial charge on any atom is 0.161 e. The minimum Gasteiger partial charge on any atom is -0.454 e. The summed E-state index contributed by atoms with van der Waals surface area (Å²) in [4.78, 5) is 10.6. The first-order chi connectivity index (χ1) is 26.7. The van der Waals surface area contributed by atoms with Crippen molar-refractivity contribution < 1.29 is 4.42 Å². The van der Waals surface area contributed by atoms with Crippen molar-refractivity contribution in [2.24, 2.45) is 0 Å². The number of hydrogen-bond donors (Lipinski definition) is 0. The molecule has 0 aliphatic carbocycles. The summed E-state index contributed by atoms with van der Waals surface area (Å²) in [5.41, 5.74) is 16.3. The molecule has 0 bridgehead atoms. The van der Waals surface area contributed by atoms with Gasteiger partial charge in [-0.05, 0) is 101 Å². The minimum absolute atomic E-state index is 0.705. The Balaban J connectivity index is 1.19. The van der Waals surface area contributed by atoms with Crippen molar-refractivity contribution in [3.8, 4) is 50.6 Å². The van der Waals surface area contributed by atoms with Crippen LogP contribution in [0.25, 0.3) is 94.5 Å². The van der Waals surface area contributed by atoms with Crippen LogP contribution < -0.4 is 0 Å². The summed E-state index contributed by atoms with van der Waals surface area (Å²) in [7, 11) is 0. The van der Waals surface area contributed by atoms with Crippen LogP contribution in [0.1, 0.15) is 25.0 Å². The molecule has 54 heavy (non-hydrogen) atoms. The van der Waals surface area contributed by atoms with Gasteiger partial charge in [0.05, 0.1) is 16.7 Å². The molecule has 0 aliphatic heterocycles. The average molecular weight is 696 g/mol. The molecule has 258 valence electrons. The zero-order valence-electron chi connectivity index (χ0n) is 30.3. The number of furan rings is 1. The van der Waals surface area contributed by atoms with Crippen molar-refractivity contribution in [1.82, 2.24) is 14.5 Å². The van der Waals surface area contributed by atoms with Gasteiger partial charge in [0.2, 0.25) is 0 Å². The van der Waals surface area contributed by atoms with E-state index in [0.29, 0.717) is 5.82 Å². The van der Waals surface area contributed by atoms with Crippen molar-refractivity contribution in [2.45, 2.75) is 26.7 Å². The molecule has 0 radical (unpaired) electrons. The van der Waals surface area contributed by atoms with E-state index in [4.69, 9.17) is 14.4 Å². The maximum absolute atomic E-state index is 6.57. The third-order valence-electron chi connectivity index (χ3n) is 10.7. The number of aryl methyl sites for hydroxylation is 2. The molecule has 4 heteroatoms. The second kappa shape index (κ2) is 13.0. The van der Waals surface area contributed by atoms with Crippen LogP contribution in [0, 0.1) is 0 Å². The zero-order chi connectivity index (χ0) is 36.2. The highest BCUT2D eigenvalue weighted by Gasteiger charge is 2.23. The van der Waals surface area contributed by atoms with E-state index in [1.165, 1.54) is 16.6 Å². The summed E-state index contributed by atoms with van der Waals surface area (Å²) in [5, 5.41) is 3.29. The first-order valence-electron chi connectivity index (χ1n) is 18.8. The molecule has 0 amide bonds. The fraction of sp³-hybridized carbons (Fsp3) is 0.0800. The molecular formula is C50H37N3O. The highest BCUT2D eigenvalue weighted by atomic mass is 16.3. The lowest BCUT2D eigenvalue weighted by Crippen LogP contribution is -2.02. The van der Waals surface area contributed by atoms with E-state index in [-0.39, 0.29) is 0 Å². The molecule has 0 saturated carbocycles. The van der Waals surface area contributed by atoms with Crippen molar-refractivity contribution in [3.63, 3.8) is 0 Å². The van der Waals surface area contributed by atoms with Gasteiger partial charge < -0.3 is 8.98 Å². The number of hydrogen-bond acceptors (Lipinski definition) is 3. The van der Waals surface area contributed by atoms with Gasteiger partial charge in [0.1, 0.15) is 11.1 Å². The lowest BCUT2D eigenvalue weighted by atomic mass is 9.95. The average Bonchev–Trinajstić information content (AvgIpc) is 3.78. The van der Waals surface area contributed by atoms with Gasteiger partial charge in [0.15, 0.2) is 11.4 Å². The van der Waals surface area contributed by atoms with Gasteiger partial charge in [-0.25, -0.2) is 9.97 Å². The second-order valence-corrected chi connectivity index (χ2v) is 13.9. The van der Waals surface area contributed by atoms with Gasteiger partial charge in [-0.1, -0.05) is 123 Å².